The monoisotopic (exact) mass is 336 g/mol. The number of hydrogen-bond acceptors (Lipinski definition) is 6. The van der Waals surface area contributed by atoms with Crippen LogP contribution in [0, 0.1) is 5.41 Å². The van der Waals surface area contributed by atoms with Crippen LogP contribution in [-0.2, 0) is 18.9 Å². The van der Waals surface area contributed by atoms with Crippen molar-refractivity contribution in [1.29, 1.82) is 0 Å². The molecule has 0 aliphatic carbocycles. The first kappa shape index (κ1) is 22.8. The van der Waals surface area contributed by atoms with Crippen molar-refractivity contribution in [2.45, 2.75) is 39.5 Å². The van der Waals surface area contributed by atoms with Gasteiger partial charge in [-0.2, -0.15) is 0 Å². The van der Waals surface area contributed by atoms with Crippen LogP contribution in [0.15, 0.2) is 0 Å². The molecule has 0 radical (unpaired) electrons. The molecule has 0 saturated carbocycles. The summed E-state index contributed by atoms with van der Waals surface area (Å²) in [6.45, 7) is 8.55. The van der Waals surface area contributed by atoms with Crippen molar-refractivity contribution in [3.63, 3.8) is 0 Å². The molecule has 6 nitrogen and oxygen atoms in total. The smallest absolute Gasteiger partial charge is 0.0701 e. The predicted molar refractivity (Wildman–Crippen MR) is 89.7 cm³/mol. The Balaban J connectivity index is 4.06. The summed E-state index contributed by atoms with van der Waals surface area (Å²) in [4.78, 5) is 0. The molecule has 140 valence electrons. The van der Waals surface area contributed by atoms with E-state index in [1.54, 1.807) is 0 Å². The van der Waals surface area contributed by atoms with Gasteiger partial charge in [-0.3, -0.25) is 0 Å². The maximum Gasteiger partial charge on any atom is 0.0701 e. The first-order valence-corrected chi connectivity index (χ1v) is 8.77. The maximum absolute atomic E-state index is 8.66. The van der Waals surface area contributed by atoms with E-state index in [2.05, 4.69) is 13.8 Å². The molecule has 0 fully saturated rings. The molecule has 0 amide bonds. The topological polar surface area (TPSA) is 77.4 Å². The summed E-state index contributed by atoms with van der Waals surface area (Å²) in [6, 6.07) is 0. The third-order valence-corrected chi connectivity index (χ3v) is 3.84. The van der Waals surface area contributed by atoms with Crippen LogP contribution in [0.2, 0.25) is 0 Å². The molecule has 0 bridgehead atoms. The van der Waals surface area contributed by atoms with Crippen LogP contribution in [0.25, 0.3) is 0 Å². The summed E-state index contributed by atoms with van der Waals surface area (Å²) in [7, 11) is 0. The Kier molecular flexibility index (Phi) is 16.4. The number of rotatable bonds is 18. The highest BCUT2D eigenvalue weighted by molar-refractivity contribution is 4.77. The van der Waals surface area contributed by atoms with E-state index in [0.717, 1.165) is 25.7 Å². The van der Waals surface area contributed by atoms with Gasteiger partial charge in [0.2, 0.25) is 0 Å². The van der Waals surface area contributed by atoms with Gasteiger partial charge in [0.25, 0.3) is 0 Å². The summed E-state index contributed by atoms with van der Waals surface area (Å²) in [6.07, 6.45) is 4.39. The summed E-state index contributed by atoms with van der Waals surface area (Å²) >= 11 is 0. The SMILES string of the molecule is CCCCC(CC)(COCCOCCO)COCCOCCO. The second-order valence-electron chi connectivity index (χ2n) is 5.73. The lowest BCUT2D eigenvalue weighted by Crippen LogP contribution is -2.33. The normalized spacial score (nSPS) is 12.0. The van der Waals surface area contributed by atoms with Crippen molar-refractivity contribution in [3.8, 4) is 0 Å². The van der Waals surface area contributed by atoms with Gasteiger partial charge in [0, 0.05) is 5.41 Å². The first-order valence-electron chi connectivity index (χ1n) is 8.77. The lowest BCUT2D eigenvalue weighted by atomic mass is 9.82. The lowest BCUT2D eigenvalue weighted by Gasteiger charge is -2.32. The van der Waals surface area contributed by atoms with Gasteiger partial charge in [-0.15, -0.1) is 0 Å². The molecule has 2 N–H and O–H groups in total. The van der Waals surface area contributed by atoms with Crippen molar-refractivity contribution in [1.82, 2.24) is 0 Å². The molecule has 0 aromatic heterocycles. The zero-order chi connectivity index (χ0) is 17.2. The van der Waals surface area contributed by atoms with Crippen molar-refractivity contribution < 1.29 is 29.2 Å². The molecule has 0 aromatic rings. The third-order valence-electron chi connectivity index (χ3n) is 3.84. The Labute approximate surface area is 141 Å². The number of ether oxygens (including phenoxy) is 4. The van der Waals surface area contributed by atoms with E-state index in [-0.39, 0.29) is 18.6 Å². The molecule has 0 saturated heterocycles. The maximum atomic E-state index is 8.66. The number of unbranched alkanes of at least 4 members (excludes halogenated alkanes) is 1. The highest BCUT2D eigenvalue weighted by Crippen LogP contribution is 2.30. The van der Waals surface area contributed by atoms with E-state index in [1.807, 2.05) is 0 Å². The standard InChI is InChI=1S/C17H36O6/c1-3-5-6-17(4-2,15-22-13-11-20-9-7-18)16-23-14-12-21-10-8-19/h18-19H,3-16H2,1-2H3. The van der Waals surface area contributed by atoms with Gasteiger partial charge < -0.3 is 29.2 Å². The summed E-state index contributed by atoms with van der Waals surface area (Å²) < 4.78 is 22.0. The van der Waals surface area contributed by atoms with E-state index in [1.165, 1.54) is 0 Å². The minimum Gasteiger partial charge on any atom is -0.394 e. The predicted octanol–water partition coefficient (Wildman–Crippen LogP) is 1.62. The van der Waals surface area contributed by atoms with E-state index in [0.29, 0.717) is 52.9 Å². The summed E-state index contributed by atoms with van der Waals surface area (Å²) in [5, 5.41) is 17.3. The van der Waals surface area contributed by atoms with Gasteiger partial charge in [-0.05, 0) is 12.8 Å². The summed E-state index contributed by atoms with van der Waals surface area (Å²) in [5.41, 5.74) is 0.0317. The largest absolute Gasteiger partial charge is 0.394 e. The van der Waals surface area contributed by atoms with Crippen molar-refractivity contribution in [2.75, 3.05) is 66.1 Å². The number of hydrogen-bond donors (Lipinski definition) is 2. The minimum absolute atomic E-state index is 0.0317. The molecule has 0 aliphatic rings. The quantitative estimate of drug-likeness (QED) is 0.370. The van der Waals surface area contributed by atoms with Crippen LogP contribution >= 0.6 is 0 Å². The van der Waals surface area contributed by atoms with E-state index < -0.39 is 0 Å². The Morgan fingerprint density at radius 2 is 1.17 bits per heavy atom. The minimum atomic E-state index is 0.0317. The van der Waals surface area contributed by atoms with Crippen LogP contribution in [0.3, 0.4) is 0 Å². The molecule has 0 unspecified atom stereocenters. The Bertz CT molecular complexity index is 221. The van der Waals surface area contributed by atoms with Crippen LogP contribution in [0.1, 0.15) is 39.5 Å². The zero-order valence-corrected chi connectivity index (χ0v) is 14.9. The van der Waals surface area contributed by atoms with E-state index in [9.17, 15) is 0 Å². The second-order valence-corrected chi connectivity index (χ2v) is 5.73. The van der Waals surface area contributed by atoms with Crippen molar-refractivity contribution in [3.05, 3.63) is 0 Å². The van der Waals surface area contributed by atoms with Gasteiger partial charge in [0.1, 0.15) is 0 Å². The number of aliphatic hydroxyl groups excluding tert-OH is 2. The third kappa shape index (κ3) is 12.8. The first-order chi connectivity index (χ1) is 11.2. The van der Waals surface area contributed by atoms with Gasteiger partial charge in [-0.1, -0.05) is 26.7 Å². The van der Waals surface area contributed by atoms with Gasteiger partial charge >= 0.3 is 0 Å². The van der Waals surface area contributed by atoms with Crippen LogP contribution < -0.4 is 0 Å². The Hall–Kier alpha value is -0.240. The van der Waals surface area contributed by atoms with Gasteiger partial charge in [-0.25, -0.2) is 0 Å². The van der Waals surface area contributed by atoms with Gasteiger partial charge in [0.15, 0.2) is 0 Å². The average Bonchev–Trinajstić information content (AvgIpc) is 2.58. The van der Waals surface area contributed by atoms with Crippen LogP contribution in [-0.4, -0.2) is 76.3 Å². The van der Waals surface area contributed by atoms with Crippen LogP contribution in [0.5, 0.6) is 0 Å². The number of aliphatic hydroxyl groups is 2. The molecule has 6 heteroatoms. The fourth-order valence-corrected chi connectivity index (χ4v) is 2.26. The molecule has 23 heavy (non-hydrogen) atoms. The molecule has 0 heterocycles. The summed E-state index contributed by atoms with van der Waals surface area (Å²) in [5.74, 6) is 0. The van der Waals surface area contributed by atoms with E-state index >= 15 is 0 Å². The second kappa shape index (κ2) is 16.6. The Morgan fingerprint density at radius 1 is 0.696 bits per heavy atom. The molecule has 0 rings (SSSR count). The van der Waals surface area contributed by atoms with E-state index in [4.69, 9.17) is 29.2 Å². The molecular weight excluding hydrogens is 300 g/mol. The fraction of sp³-hybridized carbons (Fsp3) is 1.00. The van der Waals surface area contributed by atoms with Crippen LogP contribution in [0.4, 0.5) is 0 Å². The van der Waals surface area contributed by atoms with Crippen molar-refractivity contribution in [2.24, 2.45) is 5.41 Å². The van der Waals surface area contributed by atoms with Crippen molar-refractivity contribution >= 4 is 0 Å². The zero-order valence-electron chi connectivity index (χ0n) is 14.9. The molecule has 0 aromatic carbocycles. The van der Waals surface area contributed by atoms with Gasteiger partial charge in [0.05, 0.1) is 66.1 Å². The molecular formula is C17H36O6. The molecule has 0 atom stereocenters. The highest BCUT2D eigenvalue weighted by Gasteiger charge is 2.28. The average molecular weight is 336 g/mol. The molecule has 0 spiro atoms. The lowest BCUT2D eigenvalue weighted by molar-refractivity contribution is -0.0554. The fourth-order valence-electron chi connectivity index (χ4n) is 2.26. The Morgan fingerprint density at radius 3 is 1.57 bits per heavy atom. The highest BCUT2D eigenvalue weighted by atomic mass is 16.5. The molecule has 0 aliphatic heterocycles.